The Hall–Kier alpha value is -2.21. The van der Waals surface area contributed by atoms with Gasteiger partial charge in [-0.25, -0.2) is 0 Å². The van der Waals surface area contributed by atoms with Gasteiger partial charge in [0.05, 0.1) is 12.2 Å². The maximum atomic E-state index is 12.7. The molecule has 1 aromatic carbocycles. The number of fused-ring (bicyclic) bond motifs is 3. The summed E-state index contributed by atoms with van der Waals surface area (Å²) in [4.78, 5) is 14.1. The SMILES string of the molecule is CCOc1cccc([C@H]2NC(=O)c3c(sc4c3CC[C@@H](C)C4)N2)c1O. The van der Waals surface area contributed by atoms with Crippen molar-refractivity contribution in [3.63, 3.8) is 0 Å². The second kappa shape index (κ2) is 6.26. The Morgan fingerprint density at radius 1 is 1.36 bits per heavy atom. The monoisotopic (exact) mass is 358 g/mol. The number of phenolic OH excluding ortho intramolecular Hbond substituents is 1. The van der Waals surface area contributed by atoms with Crippen molar-refractivity contribution in [1.82, 2.24) is 5.32 Å². The minimum absolute atomic E-state index is 0.0629. The number of nitrogens with one attached hydrogen (secondary N) is 2. The summed E-state index contributed by atoms with van der Waals surface area (Å²) < 4.78 is 5.45. The lowest BCUT2D eigenvalue weighted by atomic mass is 9.88. The molecule has 6 heteroatoms. The van der Waals surface area contributed by atoms with Crippen LogP contribution in [0.25, 0.3) is 0 Å². The molecule has 1 amide bonds. The fourth-order valence-corrected chi connectivity index (χ4v) is 5.10. The normalized spacial score (nSPS) is 21.8. The topological polar surface area (TPSA) is 70.6 Å². The number of rotatable bonds is 3. The van der Waals surface area contributed by atoms with Gasteiger partial charge < -0.3 is 20.5 Å². The number of amides is 1. The van der Waals surface area contributed by atoms with Gasteiger partial charge >= 0.3 is 0 Å². The average Bonchev–Trinajstić information content (AvgIpc) is 2.94. The lowest BCUT2D eigenvalue weighted by Crippen LogP contribution is -2.38. The number of carbonyl (C=O) groups excluding carboxylic acids is 1. The van der Waals surface area contributed by atoms with Crippen molar-refractivity contribution in [2.45, 2.75) is 39.3 Å². The summed E-state index contributed by atoms with van der Waals surface area (Å²) in [6, 6.07) is 5.35. The van der Waals surface area contributed by atoms with E-state index in [1.165, 1.54) is 10.4 Å². The highest BCUT2D eigenvalue weighted by Gasteiger charge is 2.34. The maximum Gasteiger partial charge on any atom is 0.256 e. The Kier molecular flexibility index (Phi) is 4.07. The molecular formula is C19H22N2O3S. The summed E-state index contributed by atoms with van der Waals surface area (Å²) in [7, 11) is 0. The third-order valence-corrected chi connectivity index (χ3v) is 6.12. The van der Waals surface area contributed by atoms with Gasteiger partial charge in [-0.3, -0.25) is 4.79 Å². The van der Waals surface area contributed by atoms with Gasteiger partial charge in [0.2, 0.25) is 0 Å². The van der Waals surface area contributed by atoms with Crippen LogP contribution in [0.3, 0.4) is 0 Å². The quantitative estimate of drug-likeness (QED) is 0.780. The summed E-state index contributed by atoms with van der Waals surface area (Å²) in [5.74, 6) is 1.10. The Bertz CT molecular complexity index is 830. The Balaban J connectivity index is 1.69. The predicted octanol–water partition coefficient (Wildman–Crippen LogP) is 3.83. The van der Waals surface area contributed by atoms with Crippen molar-refractivity contribution < 1.29 is 14.6 Å². The van der Waals surface area contributed by atoms with E-state index in [0.717, 1.165) is 29.8 Å². The van der Waals surface area contributed by atoms with Crippen LogP contribution in [0.2, 0.25) is 0 Å². The molecule has 2 aliphatic rings. The van der Waals surface area contributed by atoms with Crippen LogP contribution in [-0.2, 0) is 12.8 Å². The molecule has 4 rings (SSSR count). The Morgan fingerprint density at radius 3 is 3.00 bits per heavy atom. The van der Waals surface area contributed by atoms with Crippen LogP contribution in [0.5, 0.6) is 11.5 Å². The number of benzene rings is 1. The Morgan fingerprint density at radius 2 is 2.20 bits per heavy atom. The molecule has 0 fully saturated rings. The molecule has 0 unspecified atom stereocenters. The number of carbonyl (C=O) groups is 1. The van der Waals surface area contributed by atoms with Gasteiger partial charge in [-0.05, 0) is 43.7 Å². The van der Waals surface area contributed by atoms with Crippen molar-refractivity contribution >= 4 is 22.2 Å². The molecule has 25 heavy (non-hydrogen) atoms. The van der Waals surface area contributed by atoms with Crippen molar-refractivity contribution in [3.8, 4) is 11.5 Å². The summed E-state index contributed by atoms with van der Waals surface area (Å²) in [5, 5.41) is 17.8. The van der Waals surface area contributed by atoms with Crippen LogP contribution in [0.15, 0.2) is 18.2 Å². The molecule has 1 aromatic heterocycles. The van der Waals surface area contributed by atoms with Crippen molar-refractivity contribution in [3.05, 3.63) is 39.8 Å². The zero-order valence-corrected chi connectivity index (χ0v) is 15.2. The van der Waals surface area contributed by atoms with Crippen LogP contribution in [0.1, 0.15) is 52.8 Å². The van der Waals surface area contributed by atoms with E-state index >= 15 is 0 Å². The smallest absolute Gasteiger partial charge is 0.256 e. The Labute approximate surface area is 151 Å². The van der Waals surface area contributed by atoms with Gasteiger partial charge in [-0.1, -0.05) is 19.1 Å². The van der Waals surface area contributed by atoms with E-state index < -0.39 is 6.17 Å². The lowest BCUT2D eigenvalue weighted by Gasteiger charge is -2.27. The fourth-order valence-electron chi connectivity index (χ4n) is 3.66. The summed E-state index contributed by atoms with van der Waals surface area (Å²) in [6.45, 7) is 4.60. The molecule has 1 aliphatic heterocycles. The van der Waals surface area contributed by atoms with Gasteiger partial charge in [-0.15, -0.1) is 11.3 Å². The van der Waals surface area contributed by atoms with E-state index in [2.05, 4.69) is 17.6 Å². The highest BCUT2D eigenvalue weighted by atomic mass is 32.1. The molecular weight excluding hydrogens is 336 g/mol. The molecule has 3 N–H and O–H groups in total. The first-order valence-corrected chi connectivity index (χ1v) is 9.56. The second-order valence-electron chi connectivity index (χ2n) is 6.73. The molecule has 1 aliphatic carbocycles. The van der Waals surface area contributed by atoms with Crippen LogP contribution in [0, 0.1) is 5.92 Å². The van der Waals surface area contributed by atoms with Gasteiger partial charge in [0, 0.05) is 10.4 Å². The zero-order valence-electron chi connectivity index (χ0n) is 14.4. The molecule has 5 nitrogen and oxygen atoms in total. The van der Waals surface area contributed by atoms with Gasteiger partial charge in [0.25, 0.3) is 5.91 Å². The van der Waals surface area contributed by atoms with Gasteiger partial charge in [0.1, 0.15) is 11.2 Å². The third kappa shape index (κ3) is 2.74. The van der Waals surface area contributed by atoms with E-state index in [0.29, 0.717) is 23.8 Å². The first-order chi connectivity index (χ1) is 12.1. The number of aromatic hydroxyl groups is 1. The molecule has 0 bridgehead atoms. The number of hydrogen-bond donors (Lipinski definition) is 3. The van der Waals surface area contributed by atoms with E-state index in [9.17, 15) is 9.90 Å². The molecule has 0 spiro atoms. The van der Waals surface area contributed by atoms with Crippen LogP contribution < -0.4 is 15.4 Å². The number of para-hydroxylation sites is 1. The maximum absolute atomic E-state index is 12.7. The molecule has 0 saturated carbocycles. The molecule has 2 heterocycles. The average molecular weight is 358 g/mol. The number of phenols is 1. The predicted molar refractivity (Wildman–Crippen MR) is 98.6 cm³/mol. The molecule has 0 saturated heterocycles. The lowest BCUT2D eigenvalue weighted by molar-refractivity contribution is 0.0934. The van der Waals surface area contributed by atoms with Crippen LogP contribution in [0.4, 0.5) is 5.00 Å². The highest BCUT2D eigenvalue weighted by Crippen LogP contribution is 2.44. The van der Waals surface area contributed by atoms with E-state index in [1.54, 1.807) is 23.5 Å². The third-order valence-electron chi connectivity index (χ3n) is 4.93. The minimum atomic E-state index is -0.460. The largest absolute Gasteiger partial charge is 0.504 e. The van der Waals surface area contributed by atoms with Gasteiger partial charge in [-0.2, -0.15) is 0 Å². The number of hydrogen-bond acceptors (Lipinski definition) is 5. The standard InChI is InChI=1S/C19H22N2O3S/c1-3-24-13-6-4-5-12(16(13)22)17-20-18(23)15-11-8-7-10(2)9-14(11)25-19(15)21-17/h4-6,10,17,21-22H,3,7-9H2,1-2H3,(H,20,23)/t10-,17+/m1/s1. The summed E-state index contributed by atoms with van der Waals surface area (Å²) in [5.41, 5.74) is 2.61. The number of anilines is 1. The second-order valence-corrected chi connectivity index (χ2v) is 7.84. The van der Waals surface area contributed by atoms with Gasteiger partial charge in [0.15, 0.2) is 11.5 Å². The van der Waals surface area contributed by atoms with E-state index in [4.69, 9.17) is 4.74 Å². The summed E-state index contributed by atoms with van der Waals surface area (Å²) >= 11 is 1.68. The first kappa shape index (κ1) is 16.3. The van der Waals surface area contributed by atoms with Crippen molar-refractivity contribution in [1.29, 1.82) is 0 Å². The zero-order chi connectivity index (χ0) is 17.6. The van der Waals surface area contributed by atoms with Crippen molar-refractivity contribution in [2.75, 3.05) is 11.9 Å². The van der Waals surface area contributed by atoms with Crippen LogP contribution >= 0.6 is 11.3 Å². The van der Waals surface area contributed by atoms with Crippen molar-refractivity contribution in [2.24, 2.45) is 5.92 Å². The minimum Gasteiger partial charge on any atom is -0.504 e. The fraction of sp³-hybridized carbons (Fsp3) is 0.421. The molecule has 2 atom stereocenters. The molecule has 2 aromatic rings. The number of thiophene rings is 1. The van der Waals surface area contributed by atoms with Crippen LogP contribution in [-0.4, -0.2) is 17.6 Å². The molecule has 132 valence electrons. The van der Waals surface area contributed by atoms with E-state index in [-0.39, 0.29) is 11.7 Å². The number of ether oxygens (including phenoxy) is 1. The van der Waals surface area contributed by atoms with E-state index in [1.807, 2.05) is 13.0 Å². The molecule has 0 radical (unpaired) electrons. The summed E-state index contributed by atoms with van der Waals surface area (Å²) in [6.07, 6.45) is 2.67. The highest BCUT2D eigenvalue weighted by molar-refractivity contribution is 7.16. The first-order valence-electron chi connectivity index (χ1n) is 8.75.